The van der Waals surface area contributed by atoms with Gasteiger partial charge < -0.3 is 0 Å². The molecule has 8 rings (SSSR count). The van der Waals surface area contributed by atoms with Crippen LogP contribution in [0, 0.1) is 0 Å². The van der Waals surface area contributed by atoms with E-state index in [2.05, 4.69) is 12.1 Å². The largest absolute Gasteiger partial charge is 0.292 e. The van der Waals surface area contributed by atoms with Gasteiger partial charge in [0.1, 0.15) is 68.6 Å². The van der Waals surface area contributed by atoms with Crippen LogP contribution in [0.4, 0.5) is 0 Å². The van der Waals surface area contributed by atoms with Gasteiger partial charge in [0.25, 0.3) is 0 Å². The molecule has 0 unspecified atom stereocenters. The topological polar surface area (TPSA) is 17.8 Å². The summed E-state index contributed by atoms with van der Waals surface area (Å²) in [6, 6.07) is 35.9. The number of aromatic nitrogens is 2. The fraction of sp³-hybridized carbons (Fsp3) is 0. The van der Waals surface area contributed by atoms with Crippen molar-refractivity contribution in [2.45, 2.75) is 0 Å². The monoisotopic (exact) mass is 602 g/mol. The van der Waals surface area contributed by atoms with Gasteiger partial charge in [-0.25, -0.2) is 4.98 Å². The van der Waals surface area contributed by atoms with E-state index in [4.69, 9.17) is 67.8 Å². The maximum Gasteiger partial charge on any atom is 0.146 e. The molecule has 2 nitrogen and oxygen atoms in total. The Labute approximate surface area is 296 Å². The van der Waals surface area contributed by atoms with Crippen LogP contribution >= 0.6 is 0 Å². The first kappa shape index (κ1) is 31.3. The Morgan fingerprint density at radius 3 is 1.31 bits per heavy atom. The first-order valence-electron chi connectivity index (χ1n) is 15.6. The number of hydrogen-bond acceptors (Lipinski definition) is 1. The normalized spacial score (nSPS) is 11.5. The van der Waals surface area contributed by atoms with Crippen molar-refractivity contribution >= 4 is 139 Å². The maximum absolute atomic E-state index is 6.98. The molecule has 0 amide bonds. The van der Waals surface area contributed by atoms with Crippen molar-refractivity contribution in [3.05, 3.63) is 109 Å². The predicted octanol–water partition coefficient (Wildman–Crippen LogP) is 0.683. The zero-order valence-electron chi connectivity index (χ0n) is 26.4. The molecule has 208 valence electrons. The zero-order valence-corrected chi connectivity index (χ0v) is 26.4. The minimum absolute atomic E-state index is 0.147. The third-order valence-electron chi connectivity index (χ3n) is 9.40. The zero-order chi connectivity index (χ0) is 34.1. The number of hydrogen-bond donors (Lipinski definition) is 0. The smallest absolute Gasteiger partial charge is 0.146 e. The first-order valence-corrected chi connectivity index (χ1v) is 15.6. The lowest BCUT2D eigenvalue weighted by atomic mass is 9.59. The van der Waals surface area contributed by atoms with E-state index in [1.807, 2.05) is 102 Å². The summed E-state index contributed by atoms with van der Waals surface area (Å²) >= 11 is 0. The highest BCUT2D eigenvalue weighted by Crippen LogP contribution is 2.42. The van der Waals surface area contributed by atoms with Crippen LogP contribution in [-0.2, 0) is 0 Å². The molecule has 0 spiro atoms. The molecule has 0 N–H and O–H groups in total. The molecule has 8 aromatic rings. The third-order valence-corrected chi connectivity index (χ3v) is 9.40. The number of rotatable bonds is 4. The number of imidazole rings is 1. The lowest BCUT2D eigenvalue weighted by molar-refractivity contribution is 1.11. The highest BCUT2D eigenvalue weighted by Gasteiger charge is 2.27. The first-order chi connectivity index (χ1) is 23.7. The van der Waals surface area contributed by atoms with Gasteiger partial charge in [0, 0.05) is 11.3 Å². The summed E-state index contributed by atoms with van der Waals surface area (Å²) in [6.45, 7) is 0. The molecular formula is C39H18B8N2. The summed E-state index contributed by atoms with van der Waals surface area (Å²) < 4.78 is 2.04. The van der Waals surface area contributed by atoms with E-state index in [-0.39, 0.29) is 43.7 Å². The second-order valence-electron chi connectivity index (χ2n) is 12.1. The molecule has 0 aliphatic heterocycles. The third kappa shape index (κ3) is 4.71. The van der Waals surface area contributed by atoms with E-state index in [0.717, 1.165) is 33.4 Å². The molecule has 16 radical (unpaired) electrons. The van der Waals surface area contributed by atoms with Crippen LogP contribution in [0.2, 0.25) is 0 Å². The Morgan fingerprint density at radius 1 is 0.367 bits per heavy atom. The lowest BCUT2D eigenvalue weighted by Crippen LogP contribution is -2.50. The van der Waals surface area contributed by atoms with Gasteiger partial charge in [0.15, 0.2) is 0 Å². The van der Waals surface area contributed by atoms with Gasteiger partial charge in [-0.1, -0.05) is 107 Å². The van der Waals surface area contributed by atoms with Gasteiger partial charge in [0.05, 0.1) is 11.0 Å². The van der Waals surface area contributed by atoms with Crippen LogP contribution in [0.3, 0.4) is 0 Å². The van der Waals surface area contributed by atoms with Crippen molar-refractivity contribution in [1.82, 2.24) is 9.55 Å². The molecule has 0 atom stereocenters. The van der Waals surface area contributed by atoms with E-state index < -0.39 is 0 Å². The summed E-state index contributed by atoms with van der Waals surface area (Å²) in [7, 11) is 54.2. The predicted molar refractivity (Wildman–Crippen MR) is 215 cm³/mol. The Hall–Kier alpha value is -4.95. The molecule has 0 saturated heterocycles. The Balaban J connectivity index is 1.62. The summed E-state index contributed by atoms with van der Waals surface area (Å²) in [5.41, 5.74) is 8.05. The van der Waals surface area contributed by atoms with Gasteiger partial charge in [0.2, 0.25) is 0 Å². The fourth-order valence-corrected chi connectivity index (χ4v) is 6.95. The molecule has 1 heterocycles. The quantitative estimate of drug-likeness (QED) is 0.215. The molecule has 49 heavy (non-hydrogen) atoms. The van der Waals surface area contributed by atoms with Crippen LogP contribution in [0.5, 0.6) is 0 Å². The van der Waals surface area contributed by atoms with Crippen molar-refractivity contribution in [2.24, 2.45) is 0 Å². The summed E-state index contributed by atoms with van der Waals surface area (Å²) in [5, 5.41) is 2.12. The molecule has 7 aromatic carbocycles. The Kier molecular flexibility index (Phi) is 7.59. The van der Waals surface area contributed by atoms with E-state index in [1.165, 1.54) is 0 Å². The average Bonchev–Trinajstić information content (AvgIpc) is 3.53. The molecule has 0 bridgehead atoms. The van der Waals surface area contributed by atoms with Crippen molar-refractivity contribution in [3.8, 4) is 39.3 Å². The van der Waals surface area contributed by atoms with Crippen LogP contribution in [-0.4, -0.2) is 72.3 Å². The number of para-hydroxylation sites is 3. The van der Waals surface area contributed by atoms with Gasteiger partial charge in [-0.2, -0.15) is 0 Å². The number of nitrogens with zero attached hydrogens (tertiary/aromatic N) is 2. The standard InChI is InChI=1S/C39H18B8N2/c40-31-26-25(21-17-15-20(16-18-21)19-9-3-1-4-10-19)27-29(34(43)38(47)36(45)32(27)41)30(28(26)33(42)37(46)35(31)44)39-48-23-13-7-8-14-24(23)49(39)22-11-5-2-6-12-22/h1-18H. The van der Waals surface area contributed by atoms with Crippen LogP contribution in [0.1, 0.15) is 0 Å². The van der Waals surface area contributed by atoms with Gasteiger partial charge in [-0.15, -0.1) is 21.9 Å². The van der Waals surface area contributed by atoms with Gasteiger partial charge in [-0.05, 0) is 68.1 Å². The molecule has 0 saturated carbocycles. The van der Waals surface area contributed by atoms with E-state index >= 15 is 0 Å². The molecule has 0 aliphatic carbocycles. The van der Waals surface area contributed by atoms with E-state index in [1.54, 1.807) is 0 Å². The Bertz CT molecular complexity index is 2540. The highest BCUT2D eigenvalue weighted by atomic mass is 15.1. The SMILES string of the molecule is [B]c1c([B])c([B])c2c(-c3nc4ccccc4n3-c3ccccc3)c3c([B])c([B])c([B])c([B])c3c(-c3ccc(-c4ccccc4)cc3)c2c1[B]. The number of benzene rings is 7. The molecule has 10 heteroatoms. The van der Waals surface area contributed by atoms with Crippen LogP contribution < -0.4 is 43.7 Å². The van der Waals surface area contributed by atoms with Gasteiger partial charge in [-0.3, -0.25) is 4.57 Å². The maximum atomic E-state index is 6.98. The molecule has 1 aromatic heterocycles. The minimum Gasteiger partial charge on any atom is -0.292 e. The van der Waals surface area contributed by atoms with Crippen molar-refractivity contribution in [1.29, 1.82) is 0 Å². The average molecular weight is 601 g/mol. The van der Waals surface area contributed by atoms with Crippen molar-refractivity contribution < 1.29 is 0 Å². The van der Waals surface area contributed by atoms with Crippen molar-refractivity contribution in [2.75, 3.05) is 0 Å². The number of fused-ring (bicyclic) bond motifs is 3. The van der Waals surface area contributed by atoms with Crippen LogP contribution in [0.25, 0.3) is 71.9 Å². The van der Waals surface area contributed by atoms with Crippen molar-refractivity contribution in [3.63, 3.8) is 0 Å². The second-order valence-corrected chi connectivity index (χ2v) is 12.1. The lowest BCUT2D eigenvalue weighted by Gasteiger charge is -2.28. The molecule has 0 fully saturated rings. The molecule has 0 aliphatic rings. The van der Waals surface area contributed by atoms with E-state index in [0.29, 0.717) is 38.5 Å². The minimum atomic E-state index is 0.147. The Morgan fingerprint density at radius 2 is 0.776 bits per heavy atom. The second kappa shape index (κ2) is 11.9. The summed E-state index contributed by atoms with van der Waals surface area (Å²) in [5.74, 6) is 0.527. The summed E-state index contributed by atoms with van der Waals surface area (Å²) in [6.07, 6.45) is 0. The van der Waals surface area contributed by atoms with Crippen LogP contribution in [0.15, 0.2) is 109 Å². The fourth-order valence-electron chi connectivity index (χ4n) is 6.95. The highest BCUT2D eigenvalue weighted by molar-refractivity contribution is 6.71. The summed E-state index contributed by atoms with van der Waals surface area (Å²) in [4.78, 5) is 5.18. The molecular weight excluding hydrogens is 583 g/mol. The van der Waals surface area contributed by atoms with E-state index in [9.17, 15) is 0 Å². The van der Waals surface area contributed by atoms with Gasteiger partial charge >= 0.3 is 0 Å².